The molecule has 4 aromatic carbocycles. The van der Waals surface area contributed by atoms with Crippen molar-refractivity contribution in [2.75, 3.05) is 26.4 Å². The molecule has 0 bridgehead atoms. The lowest BCUT2D eigenvalue weighted by atomic mass is 9.78. The van der Waals surface area contributed by atoms with Gasteiger partial charge in [-0.15, -0.1) is 0 Å². The van der Waals surface area contributed by atoms with Crippen LogP contribution in [0.3, 0.4) is 0 Å². The zero-order valence-corrected chi connectivity index (χ0v) is 25.7. The Kier molecular flexibility index (Phi) is 11.0. The van der Waals surface area contributed by atoms with Gasteiger partial charge < -0.3 is 33.5 Å². The molecule has 2 aliphatic heterocycles. The van der Waals surface area contributed by atoms with Gasteiger partial charge in [0.1, 0.15) is 55.5 Å². The largest absolute Gasteiger partial charge is 0.491 e. The van der Waals surface area contributed by atoms with Gasteiger partial charge in [-0.05, 0) is 70.8 Å². The van der Waals surface area contributed by atoms with Gasteiger partial charge in [0, 0.05) is 10.8 Å². The Morgan fingerprint density at radius 3 is 1.07 bits per heavy atom. The second-order valence-corrected chi connectivity index (χ2v) is 12.4. The minimum atomic E-state index is -0.772. The number of aliphatic hydroxyl groups is 1. The fourth-order valence-corrected chi connectivity index (χ4v) is 5.12. The summed E-state index contributed by atoms with van der Waals surface area (Å²) in [5, 5.41) is 10.5. The number of aliphatic hydroxyl groups excluding tert-OH is 1. The molecule has 2 fully saturated rings. The van der Waals surface area contributed by atoms with Crippen LogP contribution in [0.4, 0.5) is 0 Å². The molecule has 2 aliphatic rings. The Morgan fingerprint density at radius 1 is 0.543 bits per heavy atom. The lowest BCUT2D eigenvalue weighted by molar-refractivity contribution is 0.0626. The van der Waals surface area contributed by atoms with E-state index in [1.54, 1.807) is 0 Å². The molecule has 6 rings (SSSR count). The molecule has 0 aromatic heterocycles. The predicted molar refractivity (Wildman–Crippen MR) is 181 cm³/mol. The highest BCUT2D eigenvalue weighted by Crippen LogP contribution is 2.35. The minimum Gasteiger partial charge on any atom is -0.491 e. The number of rotatable bonds is 14. The maximum absolute atomic E-state index is 10.5. The van der Waals surface area contributed by atoms with E-state index in [9.17, 15) is 5.11 Å². The van der Waals surface area contributed by atoms with E-state index in [1.807, 2.05) is 48.5 Å². The Hall–Kier alpha value is -4.04. The summed E-state index contributed by atoms with van der Waals surface area (Å²) < 4.78 is 33.3. The molecule has 0 radical (unpaired) electrons. The minimum absolute atomic E-state index is 0. The SMILES string of the molecule is C.C.CC(C)(c1ccc(OCC(O)COc2ccc(C(C)(C)c3ccc(OC4CO4)cc3)cc2)cc1)c1ccc(OC2CO2)cc1. The second kappa shape index (κ2) is 14.6. The molecular formula is C39H48O7. The maximum atomic E-state index is 10.5. The van der Waals surface area contributed by atoms with Gasteiger partial charge in [0.05, 0.1) is 0 Å². The lowest BCUT2D eigenvalue weighted by Gasteiger charge is -2.26. The van der Waals surface area contributed by atoms with E-state index in [0.29, 0.717) is 24.7 Å². The zero-order valence-electron chi connectivity index (χ0n) is 25.7. The molecule has 2 atom stereocenters. The van der Waals surface area contributed by atoms with Crippen molar-refractivity contribution in [3.05, 3.63) is 119 Å². The van der Waals surface area contributed by atoms with Gasteiger partial charge in [-0.1, -0.05) is 91.1 Å². The number of hydrogen-bond donors (Lipinski definition) is 1. The number of benzene rings is 4. The first-order chi connectivity index (χ1) is 21.2. The van der Waals surface area contributed by atoms with E-state index in [4.69, 9.17) is 28.4 Å². The van der Waals surface area contributed by atoms with E-state index in [1.165, 1.54) is 11.1 Å². The van der Waals surface area contributed by atoms with Crippen molar-refractivity contribution < 1.29 is 33.5 Å². The van der Waals surface area contributed by atoms with Crippen LogP contribution in [0.2, 0.25) is 0 Å². The monoisotopic (exact) mass is 628 g/mol. The molecule has 246 valence electrons. The van der Waals surface area contributed by atoms with E-state index in [0.717, 1.165) is 22.6 Å². The van der Waals surface area contributed by atoms with Crippen molar-refractivity contribution in [1.82, 2.24) is 0 Å². The van der Waals surface area contributed by atoms with Crippen LogP contribution in [-0.2, 0) is 20.3 Å². The molecule has 0 spiro atoms. The summed E-state index contributed by atoms with van der Waals surface area (Å²) in [7, 11) is 0. The lowest BCUT2D eigenvalue weighted by Crippen LogP contribution is -2.25. The molecular weight excluding hydrogens is 580 g/mol. The van der Waals surface area contributed by atoms with Crippen molar-refractivity contribution in [1.29, 1.82) is 0 Å². The van der Waals surface area contributed by atoms with Crippen LogP contribution in [-0.4, -0.2) is 50.2 Å². The third-order valence-electron chi connectivity index (χ3n) is 8.33. The van der Waals surface area contributed by atoms with E-state index in [2.05, 4.69) is 76.2 Å². The summed E-state index contributed by atoms with van der Waals surface area (Å²) in [4.78, 5) is 0. The molecule has 46 heavy (non-hydrogen) atoms. The molecule has 0 saturated carbocycles. The summed E-state index contributed by atoms with van der Waals surface area (Å²) in [6, 6.07) is 32.3. The van der Waals surface area contributed by atoms with E-state index in [-0.39, 0.29) is 51.5 Å². The Morgan fingerprint density at radius 2 is 0.804 bits per heavy atom. The van der Waals surface area contributed by atoms with Crippen LogP contribution in [0.25, 0.3) is 0 Å². The molecule has 2 heterocycles. The summed E-state index contributed by atoms with van der Waals surface area (Å²) in [6.07, 6.45) is -0.977. The number of ether oxygens (including phenoxy) is 6. The van der Waals surface area contributed by atoms with Crippen molar-refractivity contribution in [3.8, 4) is 23.0 Å². The first-order valence-corrected chi connectivity index (χ1v) is 15.1. The van der Waals surface area contributed by atoms with Crippen LogP contribution in [0.15, 0.2) is 97.1 Å². The van der Waals surface area contributed by atoms with Crippen LogP contribution in [0, 0.1) is 0 Å². The molecule has 0 amide bonds. The number of hydrogen-bond acceptors (Lipinski definition) is 7. The van der Waals surface area contributed by atoms with Crippen molar-refractivity contribution in [2.45, 2.75) is 72.1 Å². The topological polar surface area (TPSA) is 82.2 Å². The average Bonchev–Trinajstić information content (AvgIpc) is 3.98. The van der Waals surface area contributed by atoms with Gasteiger partial charge in [-0.2, -0.15) is 0 Å². The summed E-state index contributed by atoms with van der Waals surface area (Å²) in [6.45, 7) is 10.3. The second-order valence-electron chi connectivity index (χ2n) is 12.4. The Labute approximate surface area is 274 Å². The molecule has 2 unspecified atom stereocenters. The fourth-order valence-electron chi connectivity index (χ4n) is 5.12. The van der Waals surface area contributed by atoms with E-state index < -0.39 is 6.10 Å². The average molecular weight is 629 g/mol. The molecule has 1 N–H and O–H groups in total. The summed E-state index contributed by atoms with van der Waals surface area (Å²) in [5.74, 6) is 3.02. The third-order valence-corrected chi connectivity index (χ3v) is 8.33. The van der Waals surface area contributed by atoms with Crippen molar-refractivity contribution in [2.24, 2.45) is 0 Å². The summed E-state index contributed by atoms with van der Waals surface area (Å²) in [5.41, 5.74) is 4.29. The van der Waals surface area contributed by atoms with Crippen LogP contribution in [0.1, 0.15) is 64.8 Å². The van der Waals surface area contributed by atoms with Gasteiger partial charge in [0.2, 0.25) is 12.6 Å². The Bertz CT molecular complexity index is 1390. The third kappa shape index (κ3) is 8.60. The highest BCUT2D eigenvalue weighted by molar-refractivity contribution is 5.43. The molecule has 7 heteroatoms. The first kappa shape index (κ1) is 34.8. The first-order valence-electron chi connectivity index (χ1n) is 15.1. The Balaban J connectivity index is 0.00000240. The maximum Gasteiger partial charge on any atom is 0.223 e. The highest BCUT2D eigenvalue weighted by atomic mass is 16.8. The zero-order chi connectivity index (χ0) is 30.7. The summed E-state index contributed by atoms with van der Waals surface area (Å²) >= 11 is 0. The molecule has 2 saturated heterocycles. The van der Waals surface area contributed by atoms with E-state index >= 15 is 0 Å². The smallest absolute Gasteiger partial charge is 0.223 e. The van der Waals surface area contributed by atoms with Gasteiger partial charge in [-0.25, -0.2) is 0 Å². The normalized spacial score (nSPS) is 17.5. The van der Waals surface area contributed by atoms with Gasteiger partial charge in [0.15, 0.2) is 0 Å². The number of epoxide rings is 2. The molecule has 7 nitrogen and oxygen atoms in total. The van der Waals surface area contributed by atoms with Crippen molar-refractivity contribution >= 4 is 0 Å². The van der Waals surface area contributed by atoms with Gasteiger partial charge in [0.25, 0.3) is 0 Å². The van der Waals surface area contributed by atoms with Gasteiger partial charge >= 0.3 is 0 Å². The fraction of sp³-hybridized carbons (Fsp3) is 0.385. The van der Waals surface area contributed by atoms with Crippen LogP contribution in [0.5, 0.6) is 23.0 Å². The highest BCUT2D eigenvalue weighted by Gasteiger charge is 2.27. The standard InChI is InChI=1S/C37H40O7.2CH4/c1-36(2,27-9-17-32(18-10-27)43-34-23-41-34)25-5-13-30(14-6-25)39-21-29(38)22-40-31-15-7-26(8-16-31)37(3,4)28-11-19-33(20-12-28)44-35-24-42-35;;/h5-20,29,34-35,38H,21-24H2,1-4H3;2*1H4. The van der Waals surface area contributed by atoms with Crippen LogP contribution < -0.4 is 18.9 Å². The molecule has 4 aromatic rings. The quantitative estimate of drug-likeness (QED) is 0.142. The van der Waals surface area contributed by atoms with Crippen molar-refractivity contribution in [3.63, 3.8) is 0 Å². The predicted octanol–water partition coefficient (Wildman–Crippen LogP) is 7.90. The van der Waals surface area contributed by atoms with Crippen LogP contribution >= 0.6 is 0 Å². The van der Waals surface area contributed by atoms with Gasteiger partial charge in [-0.3, -0.25) is 0 Å². The molecule has 0 aliphatic carbocycles.